The highest BCUT2D eigenvalue weighted by atomic mass is 35.5. The van der Waals surface area contributed by atoms with Gasteiger partial charge in [0, 0.05) is 6.04 Å². The van der Waals surface area contributed by atoms with E-state index in [4.69, 9.17) is 11.6 Å². The van der Waals surface area contributed by atoms with Crippen molar-refractivity contribution >= 4 is 11.6 Å². The van der Waals surface area contributed by atoms with Crippen LogP contribution in [0, 0.1) is 11.7 Å². The molecule has 1 atom stereocenters. The Balaban J connectivity index is 1.89. The van der Waals surface area contributed by atoms with Crippen LogP contribution in [0.1, 0.15) is 31.7 Å². The second-order valence-corrected chi connectivity index (χ2v) is 5.20. The van der Waals surface area contributed by atoms with Gasteiger partial charge in [0.05, 0.1) is 5.02 Å². The summed E-state index contributed by atoms with van der Waals surface area (Å²) in [6.45, 7) is 3.15. The van der Waals surface area contributed by atoms with Crippen molar-refractivity contribution in [1.29, 1.82) is 0 Å². The molecule has 94 valence electrons. The minimum absolute atomic E-state index is 0.208. The van der Waals surface area contributed by atoms with Gasteiger partial charge in [-0.05, 0) is 55.8 Å². The number of hydrogen-bond donors (Lipinski definition) is 1. The fraction of sp³-hybridized carbons (Fsp3) is 0.571. The predicted octanol–water partition coefficient (Wildman–Crippen LogP) is 3.80. The van der Waals surface area contributed by atoms with Crippen LogP contribution >= 0.6 is 11.6 Å². The summed E-state index contributed by atoms with van der Waals surface area (Å²) in [5, 5.41) is 3.73. The second kappa shape index (κ2) is 5.83. The molecular weight excluding hydrogens is 237 g/mol. The lowest BCUT2D eigenvalue weighted by Crippen LogP contribution is -2.31. The lowest BCUT2D eigenvalue weighted by atomic mass is 10.0. The van der Waals surface area contributed by atoms with Gasteiger partial charge >= 0.3 is 0 Å². The van der Waals surface area contributed by atoms with Gasteiger partial charge in [-0.2, -0.15) is 0 Å². The Morgan fingerprint density at radius 2 is 2.24 bits per heavy atom. The van der Waals surface area contributed by atoms with E-state index in [1.165, 1.54) is 12.8 Å². The Morgan fingerprint density at radius 1 is 1.47 bits per heavy atom. The maximum absolute atomic E-state index is 13.3. The van der Waals surface area contributed by atoms with Gasteiger partial charge in [0.25, 0.3) is 0 Å². The van der Waals surface area contributed by atoms with Crippen LogP contribution < -0.4 is 5.32 Å². The predicted molar refractivity (Wildman–Crippen MR) is 69.9 cm³/mol. The van der Waals surface area contributed by atoms with Crippen molar-refractivity contribution in [1.82, 2.24) is 5.32 Å². The van der Waals surface area contributed by atoms with Gasteiger partial charge < -0.3 is 5.32 Å². The molecule has 0 aliphatic heterocycles. The first-order valence-corrected chi connectivity index (χ1v) is 6.75. The average Bonchev–Trinajstić information content (AvgIpc) is 3.13. The topological polar surface area (TPSA) is 12.0 Å². The largest absolute Gasteiger partial charge is 0.314 e. The molecule has 1 N–H and O–H groups in total. The van der Waals surface area contributed by atoms with Crippen molar-refractivity contribution in [3.63, 3.8) is 0 Å². The molecule has 0 aromatic heterocycles. The van der Waals surface area contributed by atoms with E-state index in [1.807, 2.05) is 6.07 Å². The molecule has 1 fully saturated rings. The van der Waals surface area contributed by atoms with E-state index in [0.29, 0.717) is 6.04 Å². The number of hydrogen-bond acceptors (Lipinski definition) is 1. The van der Waals surface area contributed by atoms with Crippen molar-refractivity contribution in [2.24, 2.45) is 5.92 Å². The van der Waals surface area contributed by atoms with Crippen molar-refractivity contribution in [3.05, 3.63) is 34.6 Å². The Kier molecular flexibility index (Phi) is 4.41. The molecule has 0 spiro atoms. The van der Waals surface area contributed by atoms with Crippen LogP contribution in [0.3, 0.4) is 0 Å². The molecule has 0 amide bonds. The molecule has 1 aromatic rings. The summed E-state index contributed by atoms with van der Waals surface area (Å²) in [4.78, 5) is 0. The fourth-order valence-electron chi connectivity index (χ4n) is 2.28. The van der Waals surface area contributed by atoms with Gasteiger partial charge in [-0.1, -0.05) is 24.6 Å². The van der Waals surface area contributed by atoms with Gasteiger partial charge in [0.2, 0.25) is 0 Å². The summed E-state index contributed by atoms with van der Waals surface area (Å²) in [7, 11) is 0. The lowest BCUT2D eigenvalue weighted by molar-refractivity contribution is 0.446. The van der Waals surface area contributed by atoms with Gasteiger partial charge in [-0.15, -0.1) is 0 Å². The van der Waals surface area contributed by atoms with Gasteiger partial charge in [0.1, 0.15) is 5.82 Å². The zero-order chi connectivity index (χ0) is 12.3. The highest BCUT2D eigenvalue weighted by molar-refractivity contribution is 6.30. The number of benzene rings is 1. The first-order chi connectivity index (χ1) is 8.20. The highest BCUT2D eigenvalue weighted by Crippen LogP contribution is 2.34. The first kappa shape index (κ1) is 12.8. The molecule has 0 bridgehead atoms. The second-order valence-electron chi connectivity index (χ2n) is 4.79. The van der Waals surface area contributed by atoms with Crippen LogP contribution in [0.5, 0.6) is 0 Å². The van der Waals surface area contributed by atoms with E-state index in [2.05, 4.69) is 12.2 Å². The van der Waals surface area contributed by atoms with E-state index in [1.54, 1.807) is 12.1 Å². The quantitative estimate of drug-likeness (QED) is 0.815. The molecule has 1 unspecified atom stereocenters. The van der Waals surface area contributed by atoms with Crippen molar-refractivity contribution < 1.29 is 4.39 Å². The third-order valence-corrected chi connectivity index (χ3v) is 3.69. The van der Waals surface area contributed by atoms with Gasteiger partial charge in [-0.3, -0.25) is 0 Å². The maximum atomic E-state index is 13.3. The molecule has 17 heavy (non-hydrogen) atoms. The van der Waals surface area contributed by atoms with Gasteiger partial charge in [-0.25, -0.2) is 4.39 Å². The number of rotatable bonds is 6. The van der Waals surface area contributed by atoms with Crippen LogP contribution in [-0.4, -0.2) is 12.6 Å². The number of aryl methyl sites for hydroxylation is 1. The Morgan fingerprint density at radius 3 is 2.82 bits per heavy atom. The summed E-state index contributed by atoms with van der Waals surface area (Å²) < 4.78 is 13.3. The standard InChI is InChI=1S/C14H19ClFN/c1-2-17-14(11-5-6-11)8-4-10-3-7-12(15)13(16)9-10/h3,7,9,11,14,17H,2,4-6,8H2,1H3. The van der Waals surface area contributed by atoms with Crippen molar-refractivity contribution in [3.8, 4) is 0 Å². The van der Waals surface area contributed by atoms with Crippen LogP contribution in [0.4, 0.5) is 4.39 Å². The Labute approximate surface area is 107 Å². The Hall–Kier alpha value is -0.600. The molecule has 1 nitrogen and oxygen atoms in total. The summed E-state index contributed by atoms with van der Waals surface area (Å²) in [5.74, 6) is 0.530. The summed E-state index contributed by atoms with van der Waals surface area (Å²) >= 11 is 5.67. The van der Waals surface area contributed by atoms with Crippen LogP contribution in [0.25, 0.3) is 0 Å². The molecular formula is C14H19ClFN. The number of halogens is 2. The summed E-state index contributed by atoms with van der Waals surface area (Å²) in [5.41, 5.74) is 1.04. The highest BCUT2D eigenvalue weighted by Gasteiger charge is 2.29. The molecule has 1 aliphatic carbocycles. The molecule has 0 saturated heterocycles. The van der Waals surface area contributed by atoms with Crippen LogP contribution in [-0.2, 0) is 6.42 Å². The van der Waals surface area contributed by atoms with E-state index in [-0.39, 0.29) is 10.8 Å². The molecule has 1 saturated carbocycles. The van der Waals surface area contributed by atoms with Gasteiger partial charge in [0.15, 0.2) is 0 Å². The molecule has 2 rings (SSSR count). The normalized spacial score (nSPS) is 17.1. The number of nitrogens with one attached hydrogen (secondary N) is 1. The summed E-state index contributed by atoms with van der Waals surface area (Å²) in [6.07, 6.45) is 4.68. The lowest BCUT2D eigenvalue weighted by Gasteiger charge is -2.17. The zero-order valence-electron chi connectivity index (χ0n) is 10.2. The van der Waals surface area contributed by atoms with E-state index >= 15 is 0 Å². The molecule has 0 heterocycles. The van der Waals surface area contributed by atoms with Crippen molar-refractivity contribution in [2.75, 3.05) is 6.54 Å². The fourth-order valence-corrected chi connectivity index (χ4v) is 2.40. The molecule has 3 heteroatoms. The molecule has 1 aliphatic rings. The average molecular weight is 256 g/mol. The Bertz CT molecular complexity index is 376. The van der Waals surface area contributed by atoms with Crippen LogP contribution in [0.2, 0.25) is 5.02 Å². The minimum atomic E-state index is -0.310. The SMILES string of the molecule is CCNC(CCc1ccc(Cl)c(F)c1)C1CC1. The zero-order valence-corrected chi connectivity index (χ0v) is 10.9. The monoisotopic (exact) mass is 255 g/mol. The summed E-state index contributed by atoms with van der Waals surface area (Å²) in [6, 6.07) is 5.71. The van der Waals surface area contributed by atoms with E-state index in [0.717, 1.165) is 30.9 Å². The van der Waals surface area contributed by atoms with E-state index < -0.39 is 0 Å². The third kappa shape index (κ3) is 3.68. The smallest absolute Gasteiger partial charge is 0.142 e. The molecule has 1 aromatic carbocycles. The third-order valence-electron chi connectivity index (χ3n) is 3.39. The minimum Gasteiger partial charge on any atom is -0.314 e. The van der Waals surface area contributed by atoms with E-state index in [9.17, 15) is 4.39 Å². The van der Waals surface area contributed by atoms with Crippen LogP contribution in [0.15, 0.2) is 18.2 Å². The first-order valence-electron chi connectivity index (χ1n) is 6.38. The molecule has 0 radical (unpaired) electrons. The van der Waals surface area contributed by atoms with Crippen molar-refractivity contribution in [2.45, 2.75) is 38.6 Å². The maximum Gasteiger partial charge on any atom is 0.142 e.